The molecule has 30 heavy (non-hydrogen) atoms. The van der Waals surface area contributed by atoms with Gasteiger partial charge in [-0.15, -0.1) is 0 Å². The molecule has 9 nitrogen and oxygen atoms in total. The Morgan fingerprint density at radius 3 is 2.30 bits per heavy atom. The molecule has 2 saturated heterocycles. The Hall–Kier alpha value is -2.39. The first kappa shape index (κ1) is 22.3. The lowest BCUT2D eigenvalue weighted by molar-refractivity contribution is -0.384. The third kappa shape index (κ3) is 6.06. The van der Waals surface area contributed by atoms with Crippen LogP contribution in [0.25, 0.3) is 0 Å². The van der Waals surface area contributed by atoms with Crippen molar-refractivity contribution in [3.8, 4) is 0 Å². The lowest BCUT2D eigenvalue weighted by Crippen LogP contribution is -2.55. The zero-order valence-electron chi connectivity index (χ0n) is 18.0. The van der Waals surface area contributed by atoms with E-state index in [1.807, 2.05) is 4.90 Å². The van der Waals surface area contributed by atoms with Gasteiger partial charge in [-0.1, -0.05) is 13.8 Å². The van der Waals surface area contributed by atoms with Crippen molar-refractivity contribution in [3.63, 3.8) is 0 Å². The first-order valence-electron chi connectivity index (χ1n) is 10.8. The van der Waals surface area contributed by atoms with Crippen molar-refractivity contribution in [1.82, 2.24) is 15.1 Å². The summed E-state index contributed by atoms with van der Waals surface area (Å²) in [7, 11) is 0. The van der Waals surface area contributed by atoms with E-state index in [-0.39, 0.29) is 11.7 Å². The number of hydrogen-bond acceptors (Lipinski definition) is 6. The highest BCUT2D eigenvalue weighted by Gasteiger charge is 2.25. The molecule has 0 saturated carbocycles. The van der Waals surface area contributed by atoms with Crippen LogP contribution in [-0.4, -0.2) is 85.8 Å². The van der Waals surface area contributed by atoms with E-state index in [9.17, 15) is 14.9 Å². The molecule has 2 heterocycles. The van der Waals surface area contributed by atoms with E-state index >= 15 is 0 Å². The number of hydrogen-bond donors (Lipinski definition) is 1. The van der Waals surface area contributed by atoms with Gasteiger partial charge < -0.3 is 19.9 Å². The van der Waals surface area contributed by atoms with Crippen molar-refractivity contribution in [3.05, 3.63) is 34.4 Å². The fourth-order valence-electron chi connectivity index (χ4n) is 4.12. The van der Waals surface area contributed by atoms with Gasteiger partial charge in [0.15, 0.2) is 0 Å². The number of nitrogens with one attached hydrogen (secondary N) is 1. The zero-order chi connectivity index (χ0) is 21.5. The highest BCUT2D eigenvalue weighted by molar-refractivity contribution is 5.74. The summed E-state index contributed by atoms with van der Waals surface area (Å²) in [6.07, 6.45) is 1.05. The van der Waals surface area contributed by atoms with Crippen molar-refractivity contribution in [2.45, 2.75) is 26.3 Å². The molecule has 0 aliphatic carbocycles. The molecule has 0 bridgehead atoms. The van der Waals surface area contributed by atoms with Gasteiger partial charge in [0, 0.05) is 69.7 Å². The van der Waals surface area contributed by atoms with E-state index in [0.29, 0.717) is 44.7 Å². The van der Waals surface area contributed by atoms with Crippen LogP contribution in [0.1, 0.15) is 20.3 Å². The Labute approximate surface area is 178 Å². The summed E-state index contributed by atoms with van der Waals surface area (Å²) in [5.41, 5.74) is 1.04. The fraction of sp³-hybridized carbons (Fsp3) is 0.667. The van der Waals surface area contributed by atoms with Gasteiger partial charge in [-0.25, -0.2) is 4.79 Å². The molecule has 1 aromatic rings. The van der Waals surface area contributed by atoms with Gasteiger partial charge in [-0.05, 0) is 24.5 Å². The number of rotatable bonds is 7. The summed E-state index contributed by atoms with van der Waals surface area (Å²) in [6, 6.07) is 6.91. The number of nitrogens with zero attached hydrogens (tertiary/aromatic N) is 4. The first-order valence-corrected chi connectivity index (χ1v) is 10.8. The maximum atomic E-state index is 12.7. The number of benzene rings is 1. The molecule has 1 atom stereocenters. The van der Waals surface area contributed by atoms with Crippen LogP contribution in [0.3, 0.4) is 0 Å². The summed E-state index contributed by atoms with van der Waals surface area (Å²) in [6.45, 7) is 11.1. The lowest BCUT2D eigenvalue weighted by Gasteiger charge is -2.38. The minimum atomic E-state index is -0.393. The summed E-state index contributed by atoms with van der Waals surface area (Å²) in [4.78, 5) is 29.6. The molecule has 1 N–H and O–H groups in total. The molecule has 9 heteroatoms. The number of urea groups is 1. The molecule has 2 aliphatic heterocycles. The molecular weight excluding hydrogens is 386 g/mol. The Morgan fingerprint density at radius 1 is 1.10 bits per heavy atom. The third-order valence-corrected chi connectivity index (χ3v) is 5.79. The van der Waals surface area contributed by atoms with E-state index < -0.39 is 4.92 Å². The quantitative estimate of drug-likeness (QED) is 0.538. The SMILES string of the molecule is CC(C)CC(CNC(=O)N1CCN(c2ccc([N+](=O)[O-])cc2)CC1)N1CCOCC1. The highest BCUT2D eigenvalue weighted by Crippen LogP contribution is 2.20. The number of nitro groups is 1. The van der Waals surface area contributed by atoms with Crippen molar-refractivity contribution in [2.24, 2.45) is 5.92 Å². The molecule has 1 aromatic carbocycles. The van der Waals surface area contributed by atoms with Gasteiger partial charge in [0.2, 0.25) is 0 Å². The first-order chi connectivity index (χ1) is 14.4. The second-order valence-corrected chi connectivity index (χ2v) is 8.37. The van der Waals surface area contributed by atoms with Crippen LogP contribution in [-0.2, 0) is 4.74 Å². The van der Waals surface area contributed by atoms with Gasteiger partial charge in [-0.3, -0.25) is 15.0 Å². The molecular formula is C21H33N5O4. The number of anilines is 1. The molecule has 1 unspecified atom stereocenters. The Balaban J connectivity index is 1.47. The fourth-order valence-corrected chi connectivity index (χ4v) is 4.12. The van der Waals surface area contributed by atoms with Crippen molar-refractivity contribution < 1.29 is 14.5 Å². The Morgan fingerprint density at radius 2 is 1.73 bits per heavy atom. The normalized spacial score (nSPS) is 19.0. The average Bonchev–Trinajstić information content (AvgIpc) is 2.77. The number of ether oxygens (including phenoxy) is 1. The number of carbonyl (C=O) groups is 1. The van der Waals surface area contributed by atoms with Crippen molar-refractivity contribution in [2.75, 3.05) is 63.9 Å². The number of piperazine rings is 1. The van der Waals surface area contributed by atoms with Crippen LogP contribution in [0.15, 0.2) is 24.3 Å². The standard InChI is InChI=1S/C21H33N5O4/c1-17(2)15-20(24-11-13-30-14-12-24)16-22-21(27)25-9-7-23(8-10-25)18-3-5-19(6-4-18)26(28)29/h3-6,17,20H,7-16H2,1-2H3,(H,22,27). The van der Waals surface area contributed by atoms with E-state index in [1.165, 1.54) is 12.1 Å². The van der Waals surface area contributed by atoms with E-state index in [0.717, 1.165) is 38.4 Å². The molecule has 2 aliphatic rings. The maximum absolute atomic E-state index is 12.7. The summed E-state index contributed by atoms with van der Waals surface area (Å²) < 4.78 is 5.47. The van der Waals surface area contributed by atoms with Gasteiger partial charge in [0.25, 0.3) is 5.69 Å². The van der Waals surface area contributed by atoms with Gasteiger partial charge in [0.05, 0.1) is 18.1 Å². The van der Waals surface area contributed by atoms with E-state index in [1.54, 1.807) is 12.1 Å². The topological polar surface area (TPSA) is 91.2 Å². The monoisotopic (exact) mass is 419 g/mol. The number of amides is 2. The second-order valence-electron chi connectivity index (χ2n) is 8.37. The van der Waals surface area contributed by atoms with Crippen molar-refractivity contribution >= 4 is 17.4 Å². The third-order valence-electron chi connectivity index (χ3n) is 5.79. The molecule has 0 aromatic heterocycles. The molecule has 0 spiro atoms. The summed E-state index contributed by atoms with van der Waals surface area (Å²) in [5.74, 6) is 0.569. The predicted molar refractivity (Wildman–Crippen MR) is 116 cm³/mol. The number of nitro benzene ring substituents is 1. The van der Waals surface area contributed by atoms with Gasteiger partial charge in [-0.2, -0.15) is 0 Å². The van der Waals surface area contributed by atoms with Crippen molar-refractivity contribution in [1.29, 1.82) is 0 Å². The predicted octanol–water partition coefficient (Wildman–Crippen LogP) is 2.17. The smallest absolute Gasteiger partial charge is 0.317 e. The zero-order valence-corrected chi connectivity index (χ0v) is 18.0. The number of carbonyl (C=O) groups excluding carboxylic acids is 1. The van der Waals surface area contributed by atoms with Crippen LogP contribution in [0.4, 0.5) is 16.2 Å². The highest BCUT2D eigenvalue weighted by atomic mass is 16.6. The van der Waals surface area contributed by atoms with Gasteiger partial charge >= 0.3 is 6.03 Å². The molecule has 2 amide bonds. The largest absolute Gasteiger partial charge is 0.379 e. The summed E-state index contributed by atoms with van der Waals surface area (Å²) in [5, 5.41) is 13.9. The maximum Gasteiger partial charge on any atom is 0.317 e. The van der Waals surface area contributed by atoms with Crippen LogP contribution in [0.5, 0.6) is 0 Å². The van der Waals surface area contributed by atoms with E-state index in [2.05, 4.69) is 29.0 Å². The lowest BCUT2D eigenvalue weighted by atomic mass is 10.0. The average molecular weight is 420 g/mol. The van der Waals surface area contributed by atoms with Crippen LogP contribution >= 0.6 is 0 Å². The van der Waals surface area contributed by atoms with Crippen LogP contribution < -0.4 is 10.2 Å². The Kier molecular flexibility index (Phi) is 7.87. The molecule has 3 rings (SSSR count). The summed E-state index contributed by atoms with van der Waals surface area (Å²) >= 11 is 0. The molecule has 166 valence electrons. The minimum Gasteiger partial charge on any atom is -0.379 e. The Bertz CT molecular complexity index is 698. The number of non-ortho nitro benzene ring substituents is 1. The van der Waals surface area contributed by atoms with Gasteiger partial charge in [0.1, 0.15) is 0 Å². The number of morpholine rings is 1. The van der Waals surface area contributed by atoms with Crippen LogP contribution in [0, 0.1) is 16.0 Å². The molecule has 2 fully saturated rings. The van der Waals surface area contributed by atoms with Crippen LogP contribution in [0.2, 0.25) is 0 Å². The van der Waals surface area contributed by atoms with E-state index in [4.69, 9.17) is 4.74 Å². The second kappa shape index (κ2) is 10.6. The minimum absolute atomic E-state index is 0.0136. The molecule has 0 radical (unpaired) electrons.